The van der Waals surface area contributed by atoms with Crippen molar-refractivity contribution in [3.05, 3.63) is 29.3 Å². The van der Waals surface area contributed by atoms with Crippen molar-refractivity contribution in [2.75, 3.05) is 5.32 Å². The third kappa shape index (κ3) is 3.29. The average molecular weight is 255 g/mol. The summed E-state index contributed by atoms with van der Waals surface area (Å²) in [6.07, 6.45) is 9.03. The van der Waals surface area contributed by atoms with E-state index < -0.39 is 0 Å². The smallest absolute Gasteiger partial charge is 0.194 e. The number of hydrogen-bond acceptors (Lipinski definition) is 1. The van der Waals surface area contributed by atoms with Gasteiger partial charge in [0.1, 0.15) is 6.04 Å². The molecule has 0 bridgehead atoms. The minimum atomic E-state index is -0.179. The summed E-state index contributed by atoms with van der Waals surface area (Å²) in [6.45, 7) is 4.08. The van der Waals surface area contributed by atoms with E-state index in [4.69, 9.17) is 12.2 Å². The Morgan fingerprint density at radius 3 is 2.79 bits per heavy atom. The highest BCUT2D eigenvalue weighted by atomic mass is 15.1. The maximum atomic E-state index is 5.91. The molecule has 0 aliphatic heterocycles. The Hall–Kier alpha value is -1.95. The van der Waals surface area contributed by atoms with Crippen LogP contribution in [0.5, 0.6) is 0 Å². The molecule has 0 amide bonds. The summed E-state index contributed by atoms with van der Waals surface area (Å²) in [5, 5.41) is 3.12. The van der Waals surface area contributed by atoms with E-state index in [0.29, 0.717) is 5.96 Å². The highest BCUT2D eigenvalue weighted by Gasteiger charge is 2.12. The Morgan fingerprint density at radius 2 is 2.11 bits per heavy atom. The lowest BCUT2D eigenvalue weighted by atomic mass is 10.1. The topological polar surface area (TPSA) is 50.4 Å². The molecule has 1 unspecified atom stereocenters. The molecule has 0 saturated carbocycles. The number of fused-ring (bicyclic) bond motifs is 1. The number of terminal acetylenes is 1. The lowest BCUT2D eigenvalue weighted by Gasteiger charge is -2.12. The minimum absolute atomic E-state index is 0.179. The first-order chi connectivity index (χ1) is 9.10. The fourth-order valence-electron chi connectivity index (χ4n) is 2.36. The Labute approximate surface area is 115 Å². The van der Waals surface area contributed by atoms with Crippen LogP contribution in [0, 0.1) is 18.3 Å². The quantitative estimate of drug-likeness (QED) is 0.495. The predicted octanol–water partition coefficient (Wildman–Crippen LogP) is 2.56. The van der Waals surface area contributed by atoms with Crippen LogP contribution in [0.15, 0.2) is 23.2 Å². The van der Waals surface area contributed by atoms with E-state index in [1.165, 1.54) is 24.0 Å². The molecule has 3 heteroatoms. The van der Waals surface area contributed by atoms with Gasteiger partial charge in [-0.1, -0.05) is 25.8 Å². The molecule has 1 aromatic rings. The van der Waals surface area contributed by atoms with Crippen LogP contribution in [0.25, 0.3) is 0 Å². The van der Waals surface area contributed by atoms with Crippen molar-refractivity contribution in [2.24, 2.45) is 16.6 Å². The van der Waals surface area contributed by atoms with Gasteiger partial charge in [-0.3, -0.25) is 0 Å². The molecular weight excluding hydrogens is 234 g/mol. The zero-order valence-electron chi connectivity index (χ0n) is 11.6. The molecule has 1 aliphatic rings. The summed E-state index contributed by atoms with van der Waals surface area (Å²) < 4.78 is 0. The van der Waals surface area contributed by atoms with Crippen LogP contribution < -0.4 is 11.1 Å². The maximum Gasteiger partial charge on any atom is 0.194 e. The molecule has 0 aromatic heterocycles. The van der Waals surface area contributed by atoms with Gasteiger partial charge in [0, 0.05) is 5.69 Å². The summed E-state index contributed by atoms with van der Waals surface area (Å²) in [4.78, 5) is 4.33. The van der Waals surface area contributed by atoms with Crippen molar-refractivity contribution in [1.82, 2.24) is 0 Å². The van der Waals surface area contributed by atoms with Gasteiger partial charge in [0.2, 0.25) is 0 Å². The van der Waals surface area contributed by atoms with Crippen LogP contribution in [0.2, 0.25) is 0 Å². The standard InChI is InChI=1S/C16H21N3/c1-4-15(11(2)3)19-16(17)18-14-9-8-12-6-5-7-13(12)10-14/h1,8-11,15H,5-7H2,2-3H3,(H3,17,18,19). The van der Waals surface area contributed by atoms with E-state index in [9.17, 15) is 0 Å². The number of nitrogens with zero attached hydrogens (tertiary/aromatic N) is 1. The number of nitrogens with two attached hydrogens (primary N) is 1. The van der Waals surface area contributed by atoms with Gasteiger partial charge in [0.05, 0.1) is 0 Å². The van der Waals surface area contributed by atoms with E-state index in [0.717, 1.165) is 12.1 Å². The SMILES string of the molecule is C#CC(N=C(N)Nc1ccc2c(c1)CCC2)C(C)C. The molecule has 3 nitrogen and oxygen atoms in total. The van der Waals surface area contributed by atoms with E-state index in [1.54, 1.807) is 0 Å². The molecule has 0 heterocycles. The van der Waals surface area contributed by atoms with Gasteiger partial charge < -0.3 is 11.1 Å². The fourth-order valence-corrected chi connectivity index (χ4v) is 2.36. The summed E-state index contributed by atoms with van der Waals surface area (Å²) in [5.41, 5.74) is 9.76. The van der Waals surface area contributed by atoms with Gasteiger partial charge in [0.25, 0.3) is 0 Å². The lowest BCUT2D eigenvalue weighted by Crippen LogP contribution is -2.26. The van der Waals surface area contributed by atoms with Crippen molar-refractivity contribution in [3.8, 4) is 12.3 Å². The number of aliphatic imine (C=N–C) groups is 1. The molecule has 19 heavy (non-hydrogen) atoms. The monoisotopic (exact) mass is 255 g/mol. The molecule has 0 radical (unpaired) electrons. The van der Waals surface area contributed by atoms with Gasteiger partial charge in [-0.05, 0) is 48.4 Å². The van der Waals surface area contributed by atoms with E-state index >= 15 is 0 Å². The van der Waals surface area contributed by atoms with Crippen molar-refractivity contribution in [3.63, 3.8) is 0 Å². The van der Waals surface area contributed by atoms with Crippen LogP contribution in [0.3, 0.4) is 0 Å². The average Bonchev–Trinajstić information content (AvgIpc) is 2.82. The molecule has 0 fully saturated rings. The predicted molar refractivity (Wildman–Crippen MR) is 81.2 cm³/mol. The van der Waals surface area contributed by atoms with Crippen molar-refractivity contribution in [1.29, 1.82) is 0 Å². The van der Waals surface area contributed by atoms with Gasteiger partial charge in [-0.2, -0.15) is 0 Å². The second-order valence-electron chi connectivity index (χ2n) is 5.33. The normalized spacial score (nSPS) is 16.0. The number of anilines is 1. The zero-order valence-corrected chi connectivity index (χ0v) is 11.6. The summed E-state index contributed by atoms with van der Waals surface area (Å²) in [5.74, 6) is 3.32. The Morgan fingerprint density at radius 1 is 1.37 bits per heavy atom. The van der Waals surface area contributed by atoms with Gasteiger partial charge in [0.15, 0.2) is 5.96 Å². The van der Waals surface area contributed by atoms with Crippen LogP contribution in [-0.4, -0.2) is 12.0 Å². The molecule has 1 aromatic carbocycles. The first-order valence-electron chi connectivity index (χ1n) is 6.78. The molecule has 0 saturated heterocycles. The van der Waals surface area contributed by atoms with Crippen molar-refractivity contribution < 1.29 is 0 Å². The van der Waals surface area contributed by atoms with E-state index in [1.807, 2.05) is 19.9 Å². The van der Waals surface area contributed by atoms with Crippen LogP contribution in [0.4, 0.5) is 5.69 Å². The molecule has 0 spiro atoms. The molecule has 2 rings (SSSR count). The van der Waals surface area contributed by atoms with Gasteiger partial charge >= 0.3 is 0 Å². The number of guanidine groups is 1. The maximum absolute atomic E-state index is 5.91. The number of hydrogen-bond donors (Lipinski definition) is 2. The number of rotatable bonds is 3. The Kier molecular flexibility index (Phi) is 4.11. The van der Waals surface area contributed by atoms with Crippen molar-refractivity contribution >= 4 is 11.6 Å². The Bertz CT molecular complexity index is 523. The molecular formula is C16H21N3. The summed E-state index contributed by atoms with van der Waals surface area (Å²) in [6, 6.07) is 6.19. The first-order valence-corrected chi connectivity index (χ1v) is 6.78. The molecule has 100 valence electrons. The molecule has 1 aliphatic carbocycles. The highest BCUT2D eigenvalue weighted by Crippen LogP contribution is 2.24. The highest BCUT2D eigenvalue weighted by molar-refractivity contribution is 5.92. The molecule has 3 N–H and O–H groups in total. The van der Waals surface area contributed by atoms with Gasteiger partial charge in [-0.25, -0.2) is 4.99 Å². The Balaban J connectivity index is 2.09. The van der Waals surface area contributed by atoms with Crippen LogP contribution >= 0.6 is 0 Å². The van der Waals surface area contributed by atoms with Crippen LogP contribution in [-0.2, 0) is 12.8 Å². The van der Waals surface area contributed by atoms with Crippen LogP contribution in [0.1, 0.15) is 31.4 Å². The van der Waals surface area contributed by atoms with Gasteiger partial charge in [-0.15, -0.1) is 6.42 Å². The molecule has 1 atom stereocenters. The third-order valence-electron chi connectivity index (χ3n) is 3.45. The summed E-state index contributed by atoms with van der Waals surface area (Å²) >= 11 is 0. The first kappa shape index (κ1) is 13.5. The number of aryl methyl sites for hydroxylation is 2. The van der Waals surface area contributed by atoms with E-state index in [-0.39, 0.29) is 12.0 Å². The van der Waals surface area contributed by atoms with Crippen molar-refractivity contribution in [2.45, 2.75) is 39.2 Å². The second-order valence-corrected chi connectivity index (χ2v) is 5.33. The minimum Gasteiger partial charge on any atom is -0.370 e. The zero-order chi connectivity index (χ0) is 13.8. The number of nitrogens with one attached hydrogen (secondary N) is 1. The van der Waals surface area contributed by atoms with E-state index in [2.05, 4.69) is 28.4 Å². The largest absolute Gasteiger partial charge is 0.370 e. The lowest BCUT2D eigenvalue weighted by molar-refractivity contribution is 0.586. The summed E-state index contributed by atoms with van der Waals surface area (Å²) in [7, 11) is 0. The second kappa shape index (κ2) is 5.79. The number of benzene rings is 1. The third-order valence-corrected chi connectivity index (χ3v) is 3.45. The fraction of sp³-hybridized carbons (Fsp3) is 0.438.